The summed E-state index contributed by atoms with van der Waals surface area (Å²) in [7, 11) is 0. The molecule has 134 valence electrons. The van der Waals surface area contributed by atoms with E-state index in [4.69, 9.17) is 12.2 Å². The van der Waals surface area contributed by atoms with Gasteiger partial charge in [0.25, 0.3) is 11.4 Å². The van der Waals surface area contributed by atoms with Crippen molar-refractivity contribution in [1.29, 1.82) is 0 Å². The molecular weight excluding hydrogens is 344 g/mol. The summed E-state index contributed by atoms with van der Waals surface area (Å²) >= 11 is 0. The molecule has 1 aromatic heterocycles. The number of amides is 1. The molecule has 0 aliphatic carbocycles. The Morgan fingerprint density at radius 3 is 2.73 bits per heavy atom. The summed E-state index contributed by atoms with van der Waals surface area (Å²) in [5, 5.41) is 24.4. The third-order valence-corrected chi connectivity index (χ3v) is 3.41. The number of aromatic nitrogens is 2. The molecule has 0 bridgehead atoms. The lowest BCUT2D eigenvalue weighted by molar-refractivity contribution is -0.394. The van der Waals surface area contributed by atoms with Gasteiger partial charge in [0.2, 0.25) is 5.91 Å². The molecule has 0 fully saturated rings. The monoisotopic (exact) mass is 358 g/mol. The van der Waals surface area contributed by atoms with Gasteiger partial charge in [0.1, 0.15) is 5.69 Å². The summed E-state index contributed by atoms with van der Waals surface area (Å²) in [6.07, 6.45) is 7.90. The predicted octanol–water partition coefficient (Wildman–Crippen LogP) is 0.308. The molecule has 0 saturated carbocycles. The van der Waals surface area contributed by atoms with E-state index in [0.29, 0.717) is 5.69 Å². The van der Waals surface area contributed by atoms with E-state index >= 15 is 0 Å². The van der Waals surface area contributed by atoms with Gasteiger partial charge in [-0.15, -0.1) is 6.42 Å². The highest BCUT2D eigenvalue weighted by atomic mass is 16.6. The maximum Gasteiger partial charge on any atom is 0.300 e. The number of hydrogen-bond acceptors (Lipinski definition) is 7. The van der Waals surface area contributed by atoms with E-state index in [9.17, 15) is 25.0 Å². The number of nitro benzene ring substituents is 2. The second kappa shape index (κ2) is 7.86. The van der Waals surface area contributed by atoms with Crippen LogP contribution in [0.5, 0.6) is 0 Å². The van der Waals surface area contributed by atoms with Crippen molar-refractivity contribution < 1.29 is 14.6 Å². The van der Waals surface area contributed by atoms with E-state index in [0.717, 1.165) is 12.1 Å². The molecular formula is C15H14N6O5. The summed E-state index contributed by atoms with van der Waals surface area (Å²) in [6, 6.07) is 2.38. The Kier molecular flexibility index (Phi) is 5.61. The summed E-state index contributed by atoms with van der Waals surface area (Å²) in [6.45, 7) is 0.0516. The second-order valence-electron chi connectivity index (χ2n) is 5.19. The minimum atomic E-state index is -0.890. The molecule has 0 radical (unpaired) electrons. The molecule has 1 atom stereocenters. The van der Waals surface area contributed by atoms with E-state index in [2.05, 4.69) is 16.2 Å². The topological polar surface area (TPSA) is 159 Å². The van der Waals surface area contributed by atoms with Gasteiger partial charge in [0, 0.05) is 18.7 Å². The van der Waals surface area contributed by atoms with Gasteiger partial charge in [-0.1, -0.05) is 5.92 Å². The Balaban J connectivity index is 2.24. The molecule has 1 heterocycles. The number of terminal acetylenes is 1. The van der Waals surface area contributed by atoms with Crippen LogP contribution in [0, 0.1) is 32.6 Å². The molecule has 2 aromatic rings. The third-order valence-electron chi connectivity index (χ3n) is 3.41. The van der Waals surface area contributed by atoms with Crippen LogP contribution in [-0.4, -0.2) is 37.9 Å². The zero-order valence-corrected chi connectivity index (χ0v) is 13.4. The molecule has 0 aliphatic heterocycles. The lowest BCUT2D eigenvalue weighted by Gasteiger charge is -2.08. The van der Waals surface area contributed by atoms with Crippen molar-refractivity contribution in [2.45, 2.75) is 12.5 Å². The van der Waals surface area contributed by atoms with Gasteiger partial charge in [-0.3, -0.25) is 29.6 Å². The van der Waals surface area contributed by atoms with Gasteiger partial charge in [-0.2, -0.15) is 0 Å². The van der Waals surface area contributed by atoms with E-state index in [1.54, 1.807) is 0 Å². The molecule has 0 spiro atoms. The molecule has 11 nitrogen and oxygen atoms in total. The lowest BCUT2D eigenvalue weighted by Crippen LogP contribution is -2.42. The quantitative estimate of drug-likeness (QED) is 0.409. The number of nitrogens with two attached hydrogens (primary N) is 1. The normalized spacial score (nSPS) is 11.4. The van der Waals surface area contributed by atoms with Crippen LogP contribution in [0.25, 0.3) is 5.69 Å². The van der Waals surface area contributed by atoms with Crippen LogP contribution < -0.4 is 11.1 Å². The lowest BCUT2D eigenvalue weighted by atomic mass is 10.1. The van der Waals surface area contributed by atoms with Gasteiger partial charge in [-0.25, -0.2) is 4.98 Å². The van der Waals surface area contributed by atoms with Crippen LogP contribution in [0.3, 0.4) is 0 Å². The van der Waals surface area contributed by atoms with Gasteiger partial charge in [-0.05, 0) is 6.07 Å². The number of benzene rings is 1. The van der Waals surface area contributed by atoms with Crippen molar-refractivity contribution in [3.63, 3.8) is 0 Å². The molecule has 1 aromatic carbocycles. The number of nitrogens with one attached hydrogen (secondary N) is 1. The molecule has 1 unspecified atom stereocenters. The first-order chi connectivity index (χ1) is 12.3. The molecule has 0 saturated heterocycles. The van der Waals surface area contributed by atoms with Crippen molar-refractivity contribution in [2.75, 3.05) is 6.54 Å². The second-order valence-corrected chi connectivity index (χ2v) is 5.19. The highest BCUT2D eigenvalue weighted by Crippen LogP contribution is 2.27. The standard InChI is InChI=1S/C15H14N6O5/c1-2-5-17-15(22)12(16)6-10-8-19(9-18-10)13-4-3-11(20(23)24)7-14(13)21(25)26/h1,3-4,7-9,12H,5-6,16H2,(H,17,22). The number of non-ortho nitro benzene ring substituents is 1. The van der Waals surface area contributed by atoms with Crippen LogP contribution in [0.4, 0.5) is 11.4 Å². The summed E-state index contributed by atoms with van der Waals surface area (Å²) < 4.78 is 1.34. The summed E-state index contributed by atoms with van der Waals surface area (Å²) in [5.74, 6) is 1.81. The molecule has 1 amide bonds. The fourth-order valence-electron chi connectivity index (χ4n) is 2.18. The van der Waals surface area contributed by atoms with E-state index in [1.165, 1.54) is 23.2 Å². The van der Waals surface area contributed by atoms with Crippen LogP contribution in [0.2, 0.25) is 0 Å². The first kappa shape index (κ1) is 18.6. The van der Waals surface area contributed by atoms with Crippen LogP contribution in [0.1, 0.15) is 5.69 Å². The Bertz CT molecular complexity index is 900. The molecule has 3 N–H and O–H groups in total. The highest BCUT2D eigenvalue weighted by Gasteiger charge is 2.21. The molecule has 26 heavy (non-hydrogen) atoms. The van der Waals surface area contributed by atoms with Crippen molar-refractivity contribution in [2.24, 2.45) is 5.73 Å². The number of hydrogen-bond donors (Lipinski definition) is 2. The fourth-order valence-corrected chi connectivity index (χ4v) is 2.18. The summed E-state index contributed by atoms with van der Waals surface area (Å²) in [5.41, 5.74) is 5.43. The van der Waals surface area contributed by atoms with Crippen molar-refractivity contribution in [3.8, 4) is 18.0 Å². The Labute approximate surface area is 147 Å². The minimum absolute atomic E-state index is 0.0516. The average molecular weight is 358 g/mol. The van der Waals surface area contributed by atoms with Gasteiger partial charge in [0.15, 0.2) is 0 Å². The Morgan fingerprint density at radius 2 is 2.12 bits per heavy atom. The van der Waals surface area contributed by atoms with E-state index < -0.39 is 33.2 Å². The average Bonchev–Trinajstić information content (AvgIpc) is 3.07. The number of imidazole rings is 1. The predicted molar refractivity (Wildman–Crippen MR) is 90.4 cm³/mol. The van der Waals surface area contributed by atoms with Crippen molar-refractivity contribution in [3.05, 3.63) is 56.6 Å². The maximum absolute atomic E-state index is 11.7. The SMILES string of the molecule is C#CCNC(=O)C(N)Cc1cn(-c2ccc([N+](=O)[O-])cc2[N+](=O)[O-])cn1. The van der Waals surface area contributed by atoms with Crippen LogP contribution in [0.15, 0.2) is 30.7 Å². The zero-order valence-electron chi connectivity index (χ0n) is 13.4. The zero-order chi connectivity index (χ0) is 19.3. The highest BCUT2D eigenvalue weighted by molar-refractivity contribution is 5.81. The number of nitro groups is 2. The Morgan fingerprint density at radius 1 is 1.38 bits per heavy atom. The van der Waals surface area contributed by atoms with Crippen molar-refractivity contribution >= 4 is 17.3 Å². The smallest absolute Gasteiger partial charge is 0.300 e. The summed E-state index contributed by atoms with van der Waals surface area (Å²) in [4.78, 5) is 36.3. The maximum atomic E-state index is 11.7. The number of rotatable bonds is 7. The molecule has 0 aliphatic rings. The first-order valence-electron chi connectivity index (χ1n) is 7.26. The minimum Gasteiger partial charge on any atom is -0.344 e. The van der Waals surface area contributed by atoms with Crippen LogP contribution >= 0.6 is 0 Å². The van der Waals surface area contributed by atoms with E-state index in [1.807, 2.05) is 0 Å². The molecule has 11 heteroatoms. The van der Waals surface area contributed by atoms with Crippen LogP contribution in [-0.2, 0) is 11.2 Å². The van der Waals surface area contributed by atoms with E-state index in [-0.39, 0.29) is 18.7 Å². The third kappa shape index (κ3) is 4.19. The van der Waals surface area contributed by atoms with Gasteiger partial charge >= 0.3 is 0 Å². The van der Waals surface area contributed by atoms with Crippen molar-refractivity contribution in [1.82, 2.24) is 14.9 Å². The van der Waals surface area contributed by atoms with Gasteiger partial charge < -0.3 is 11.1 Å². The first-order valence-corrected chi connectivity index (χ1v) is 7.26. The Hall–Kier alpha value is -3.78. The number of nitrogens with zero attached hydrogens (tertiary/aromatic N) is 4. The largest absolute Gasteiger partial charge is 0.344 e. The number of carbonyl (C=O) groups excluding carboxylic acids is 1. The molecule has 2 rings (SSSR count). The fraction of sp³-hybridized carbons (Fsp3) is 0.200. The number of carbonyl (C=O) groups is 1. The van der Waals surface area contributed by atoms with Gasteiger partial charge in [0.05, 0.1) is 40.5 Å².